The van der Waals surface area contributed by atoms with Gasteiger partial charge < -0.3 is 0 Å². The van der Waals surface area contributed by atoms with Crippen molar-refractivity contribution in [3.8, 4) is 0 Å². The minimum absolute atomic E-state index is 1.14. The van der Waals surface area contributed by atoms with Crippen molar-refractivity contribution >= 4 is 0 Å². The summed E-state index contributed by atoms with van der Waals surface area (Å²) < 4.78 is 0. The minimum atomic E-state index is 1.14. The highest BCUT2D eigenvalue weighted by molar-refractivity contribution is 5.13. The summed E-state index contributed by atoms with van der Waals surface area (Å²) in [6.07, 6.45) is 10.7. The topological polar surface area (TPSA) is 0 Å². The van der Waals surface area contributed by atoms with Crippen LogP contribution in [0.15, 0.2) is 30.3 Å². The number of benzene rings is 1. The summed E-state index contributed by atoms with van der Waals surface area (Å²) in [5, 5.41) is 0. The van der Waals surface area contributed by atoms with Crippen LogP contribution in [0.5, 0.6) is 0 Å². The van der Waals surface area contributed by atoms with Gasteiger partial charge in [-0.3, -0.25) is 0 Å². The van der Waals surface area contributed by atoms with Crippen LogP contribution in [-0.2, 0) is 6.42 Å². The second-order valence-electron chi connectivity index (χ2n) is 6.43. The fourth-order valence-corrected chi connectivity index (χ4v) is 4.73. The van der Waals surface area contributed by atoms with E-state index >= 15 is 0 Å². The van der Waals surface area contributed by atoms with E-state index in [1.165, 1.54) is 29.2 Å². The molecule has 3 aliphatic rings. The van der Waals surface area contributed by atoms with Crippen LogP contribution in [0.4, 0.5) is 0 Å². The number of fused-ring (bicyclic) bond motifs is 5. The first kappa shape index (κ1) is 12.3. The normalized spacial score (nSPS) is 36.1. The number of hydrogen-bond acceptors (Lipinski definition) is 0. The monoisotopic (exact) mass is 242 g/mol. The fraction of sp³-hybridized carbons (Fsp3) is 0.667. The van der Waals surface area contributed by atoms with Crippen molar-refractivity contribution in [1.29, 1.82) is 0 Å². The molecule has 98 valence electrons. The molecule has 0 heteroatoms. The third kappa shape index (κ3) is 2.35. The van der Waals surface area contributed by atoms with Crippen molar-refractivity contribution in [2.45, 2.75) is 51.9 Å². The Morgan fingerprint density at radius 3 is 2.00 bits per heavy atom. The summed E-state index contributed by atoms with van der Waals surface area (Å²) >= 11 is 0. The first-order valence-corrected chi connectivity index (χ1v) is 7.92. The van der Waals surface area contributed by atoms with Crippen molar-refractivity contribution in [1.82, 2.24) is 0 Å². The zero-order valence-corrected chi connectivity index (χ0v) is 11.6. The van der Waals surface area contributed by atoms with E-state index in [9.17, 15) is 0 Å². The molecule has 4 unspecified atom stereocenters. The third-order valence-corrected chi connectivity index (χ3v) is 5.60. The number of aryl methyl sites for hydroxylation is 1. The molecule has 0 spiro atoms. The first-order valence-electron chi connectivity index (χ1n) is 7.92. The summed E-state index contributed by atoms with van der Waals surface area (Å²) in [6.45, 7) is 2.16. The summed E-state index contributed by atoms with van der Waals surface area (Å²) in [4.78, 5) is 0. The molecule has 18 heavy (non-hydrogen) atoms. The van der Waals surface area contributed by atoms with Crippen molar-refractivity contribution in [3.63, 3.8) is 0 Å². The molecule has 4 rings (SSSR count). The van der Waals surface area contributed by atoms with Gasteiger partial charge in [-0.05, 0) is 67.8 Å². The second kappa shape index (κ2) is 5.47. The minimum Gasteiger partial charge on any atom is -0.0622 e. The van der Waals surface area contributed by atoms with Gasteiger partial charge >= 0.3 is 0 Å². The van der Waals surface area contributed by atoms with E-state index < -0.39 is 0 Å². The molecule has 0 amide bonds. The van der Waals surface area contributed by atoms with Gasteiger partial charge in [-0.15, -0.1) is 0 Å². The zero-order chi connectivity index (χ0) is 12.4. The van der Waals surface area contributed by atoms with Gasteiger partial charge in [-0.2, -0.15) is 0 Å². The van der Waals surface area contributed by atoms with Gasteiger partial charge in [0.2, 0.25) is 0 Å². The van der Waals surface area contributed by atoms with Gasteiger partial charge in [-0.1, -0.05) is 43.7 Å². The highest BCUT2D eigenvalue weighted by Gasteiger charge is 2.48. The Morgan fingerprint density at radius 1 is 0.889 bits per heavy atom. The van der Waals surface area contributed by atoms with Crippen molar-refractivity contribution in [3.05, 3.63) is 35.9 Å². The predicted octanol–water partition coefficient (Wildman–Crippen LogP) is 5.08. The van der Waals surface area contributed by atoms with Crippen LogP contribution >= 0.6 is 0 Å². The van der Waals surface area contributed by atoms with E-state index in [1.807, 2.05) is 6.07 Å². The Hall–Kier alpha value is -0.780. The van der Waals surface area contributed by atoms with E-state index in [2.05, 4.69) is 31.2 Å². The predicted molar refractivity (Wildman–Crippen MR) is 77.5 cm³/mol. The maximum absolute atomic E-state index is 2.16. The molecule has 0 aliphatic heterocycles. The highest BCUT2D eigenvalue weighted by atomic mass is 14.5. The van der Waals surface area contributed by atoms with Crippen molar-refractivity contribution in [2.24, 2.45) is 23.7 Å². The first-order chi connectivity index (χ1) is 8.88. The summed E-state index contributed by atoms with van der Waals surface area (Å²) in [5.41, 5.74) is 1.41. The lowest BCUT2D eigenvalue weighted by atomic mass is 9.82. The lowest BCUT2D eigenvalue weighted by Gasteiger charge is -2.23. The molecule has 0 aromatic heterocycles. The molecular weight excluding hydrogens is 216 g/mol. The van der Waals surface area contributed by atoms with Crippen LogP contribution in [0.1, 0.15) is 51.0 Å². The Morgan fingerprint density at radius 2 is 1.50 bits per heavy atom. The Labute approximate surface area is 112 Å². The third-order valence-electron chi connectivity index (χ3n) is 5.60. The van der Waals surface area contributed by atoms with Crippen LogP contribution < -0.4 is 0 Å². The molecule has 0 radical (unpaired) electrons. The SMILES string of the molecule is C1CC2C3CCC(C3)C2C1.CCc1ccccc1. The molecule has 1 aromatic carbocycles. The Kier molecular flexibility index (Phi) is 3.72. The van der Waals surface area contributed by atoms with Crippen molar-refractivity contribution in [2.75, 3.05) is 0 Å². The molecule has 3 saturated carbocycles. The molecule has 3 aliphatic carbocycles. The molecule has 1 aromatic rings. The van der Waals surface area contributed by atoms with E-state index in [-0.39, 0.29) is 0 Å². The quantitative estimate of drug-likeness (QED) is 0.644. The fourth-order valence-electron chi connectivity index (χ4n) is 4.73. The smallest absolute Gasteiger partial charge is 0.0307 e. The summed E-state index contributed by atoms with van der Waals surface area (Å²) in [7, 11) is 0. The molecule has 0 N–H and O–H groups in total. The van der Waals surface area contributed by atoms with Crippen LogP contribution in [0.2, 0.25) is 0 Å². The maximum Gasteiger partial charge on any atom is -0.0307 e. The van der Waals surface area contributed by atoms with Crippen LogP contribution in [-0.4, -0.2) is 0 Å². The van der Waals surface area contributed by atoms with E-state index in [0.29, 0.717) is 0 Å². The second-order valence-corrected chi connectivity index (χ2v) is 6.43. The van der Waals surface area contributed by atoms with Gasteiger partial charge in [-0.25, -0.2) is 0 Å². The maximum atomic E-state index is 2.16. The molecule has 3 fully saturated rings. The van der Waals surface area contributed by atoms with Crippen LogP contribution in [0.3, 0.4) is 0 Å². The van der Waals surface area contributed by atoms with Crippen LogP contribution in [0.25, 0.3) is 0 Å². The molecule has 0 heterocycles. The molecule has 2 bridgehead atoms. The van der Waals surface area contributed by atoms with Crippen molar-refractivity contribution < 1.29 is 0 Å². The molecular formula is C18H26. The largest absolute Gasteiger partial charge is 0.0622 e. The van der Waals surface area contributed by atoms with Gasteiger partial charge in [0.1, 0.15) is 0 Å². The molecule has 4 atom stereocenters. The van der Waals surface area contributed by atoms with E-state index in [1.54, 1.807) is 38.5 Å². The summed E-state index contributed by atoms with van der Waals surface area (Å²) in [6, 6.07) is 10.5. The van der Waals surface area contributed by atoms with E-state index in [0.717, 1.165) is 6.42 Å². The highest BCUT2D eigenvalue weighted by Crippen LogP contribution is 2.58. The zero-order valence-electron chi connectivity index (χ0n) is 11.6. The van der Waals surface area contributed by atoms with E-state index in [4.69, 9.17) is 0 Å². The lowest BCUT2D eigenvalue weighted by Crippen LogP contribution is -2.15. The molecule has 0 nitrogen and oxygen atoms in total. The Bertz CT molecular complexity index is 351. The number of hydrogen-bond donors (Lipinski definition) is 0. The van der Waals surface area contributed by atoms with Gasteiger partial charge in [0.05, 0.1) is 0 Å². The van der Waals surface area contributed by atoms with Gasteiger partial charge in [0.15, 0.2) is 0 Å². The number of rotatable bonds is 1. The van der Waals surface area contributed by atoms with Crippen LogP contribution in [0, 0.1) is 23.7 Å². The average molecular weight is 242 g/mol. The average Bonchev–Trinajstić information content (AvgIpc) is 3.14. The van der Waals surface area contributed by atoms with Gasteiger partial charge in [0.25, 0.3) is 0 Å². The molecule has 0 saturated heterocycles. The standard InChI is InChI=1S/C10H16.C8H10/c1-2-9-7-4-5-8(6-7)10(9)3-1;1-2-8-6-4-3-5-7-8/h7-10H,1-6H2;3-7H,2H2,1H3. The summed E-state index contributed by atoms with van der Waals surface area (Å²) in [5.74, 6) is 4.80. The lowest BCUT2D eigenvalue weighted by molar-refractivity contribution is 0.259. The Balaban J connectivity index is 0.000000115. The van der Waals surface area contributed by atoms with Gasteiger partial charge in [0, 0.05) is 0 Å².